The number of halogens is 3. The molecule has 0 radical (unpaired) electrons. The fourth-order valence-electron chi connectivity index (χ4n) is 6.24. The Kier molecular flexibility index (Phi) is 13.2. The molecule has 5 amide bonds. The van der Waals surface area contributed by atoms with E-state index in [0.717, 1.165) is 11.1 Å². The van der Waals surface area contributed by atoms with Gasteiger partial charge in [0, 0.05) is 26.6 Å². The van der Waals surface area contributed by atoms with Gasteiger partial charge in [-0.15, -0.1) is 6.58 Å². The lowest BCUT2D eigenvalue weighted by Gasteiger charge is -2.35. The minimum absolute atomic E-state index is 0.0958. The number of Topliss-reactive ketones (excluding diaryl/α,β-unsaturated/α-hetero) is 1. The number of urea groups is 1. The smallest absolute Gasteiger partial charge is 0.383 e. The first-order valence-electron chi connectivity index (χ1n) is 16.2. The maximum absolute atomic E-state index is 14.4. The number of hydrogen-bond donors (Lipinski definition) is 4. The molecule has 1 heterocycles. The van der Waals surface area contributed by atoms with E-state index in [-0.39, 0.29) is 37.1 Å². The summed E-state index contributed by atoms with van der Waals surface area (Å²) in [5.41, 5.74) is 1.71. The highest BCUT2D eigenvalue weighted by Crippen LogP contribution is 2.32. The number of fused-ring (bicyclic) bond motifs is 1. The molecule has 0 spiro atoms. The largest absolute Gasteiger partial charge is 0.389 e. The Bertz CT molecular complexity index is 1320. The molecular weight excluding hydrogens is 631 g/mol. The third kappa shape index (κ3) is 10.3. The van der Waals surface area contributed by atoms with Crippen LogP contribution < -0.4 is 21.3 Å². The average molecular weight is 680 g/mol. The molecule has 1 aromatic carbocycles. The monoisotopic (exact) mass is 679 g/mol. The van der Waals surface area contributed by atoms with Crippen molar-refractivity contribution < 1.29 is 41.9 Å². The van der Waals surface area contributed by atoms with Crippen LogP contribution in [-0.4, -0.2) is 91.6 Å². The average Bonchev–Trinajstić information content (AvgIpc) is 3.62. The molecule has 0 bridgehead atoms. The van der Waals surface area contributed by atoms with Gasteiger partial charge >= 0.3 is 12.2 Å². The lowest BCUT2D eigenvalue weighted by molar-refractivity contribution is -0.147. The van der Waals surface area contributed by atoms with Crippen molar-refractivity contribution in [2.24, 2.45) is 17.3 Å². The van der Waals surface area contributed by atoms with Gasteiger partial charge in [-0.1, -0.05) is 58.0 Å². The predicted molar refractivity (Wildman–Crippen MR) is 173 cm³/mol. The lowest BCUT2D eigenvalue weighted by atomic mass is 9.87. The summed E-state index contributed by atoms with van der Waals surface area (Å²) in [6.45, 7) is 11.3. The molecule has 11 nitrogen and oxygen atoms in total. The number of nitrogens with one attached hydrogen (secondary N) is 4. The minimum atomic E-state index is -4.64. The zero-order chi connectivity index (χ0) is 35.8. The third-order valence-electron chi connectivity index (χ3n) is 9.02. The van der Waals surface area contributed by atoms with Gasteiger partial charge in [-0.05, 0) is 54.1 Å². The zero-order valence-corrected chi connectivity index (χ0v) is 28.2. The maximum Gasteiger partial charge on any atom is 0.389 e. The van der Waals surface area contributed by atoms with Crippen molar-refractivity contribution >= 4 is 29.5 Å². The molecule has 0 saturated carbocycles. The van der Waals surface area contributed by atoms with Crippen molar-refractivity contribution in [2.75, 3.05) is 26.8 Å². The summed E-state index contributed by atoms with van der Waals surface area (Å²) in [7, 11) is 1.52. The van der Waals surface area contributed by atoms with Crippen LogP contribution in [0.5, 0.6) is 0 Å². The fourth-order valence-corrected chi connectivity index (χ4v) is 6.24. The van der Waals surface area contributed by atoms with Gasteiger partial charge in [-0.2, -0.15) is 13.2 Å². The van der Waals surface area contributed by atoms with Crippen LogP contribution in [0.2, 0.25) is 0 Å². The van der Waals surface area contributed by atoms with Crippen LogP contribution in [0.15, 0.2) is 36.9 Å². The molecule has 1 fully saturated rings. The van der Waals surface area contributed by atoms with Crippen LogP contribution >= 0.6 is 0 Å². The van der Waals surface area contributed by atoms with Gasteiger partial charge < -0.3 is 30.9 Å². The number of alkyl halides is 3. The van der Waals surface area contributed by atoms with Crippen LogP contribution in [-0.2, 0) is 36.8 Å². The maximum atomic E-state index is 14.4. The van der Waals surface area contributed by atoms with Gasteiger partial charge in [0.25, 0.3) is 5.91 Å². The molecule has 48 heavy (non-hydrogen) atoms. The normalized spacial score (nSPS) is 19.9. The van der Waals surface area contributed by atoms with E-state index in [0.29, 0.717) is 19.3 Å². The van der Waals surface area contributed by atoms with Crippen molar-refractivity contribution in [1.82, 2.24) is 26.2 Å². The topological polar surface area (TPSA) is 146 Å². The molecule has 266 valence electrons. The van der Waals surface area contributed by atoms with Gasteiger partial charge in [0.15, 0.2) is 0 Å². The number of carbonyl (C=O) groups excluding carboxylic acids is 5. The second-order valence-corrected chi connectivity index (χ2v) is 13.7. The number of likely N-dealkylation sites (tertiary alicyclic amines) is 1. The quantitative estimate of drug-likeness (QED) is 0.176. The summed E-state index contributed by atoms with van der Waals surface area (Å²) in [5.74, 6) is -4.53. The van der Waals surface area contributed by atoms with Crippen LogP contribution in [0.3, 0.4) is 0 Å². The highest BCUT2D eigenvalue weighted by atomic mass is 19.4. The Morgan fingerprint density at radius 3 is 2.21 bits per heavy atom. The van der Waals surface area contributed by atoms with Crippen molar-refractivity contribution in [3.8, 4) is 0 Å². The predicted octanol–water partition coefficient (Wildman–Crippen LogP) is 3.07. The van der Waals surface area contributed by atoms with Gasteiger partial charge in [0.1, 0.15) is 12.1 Å². The fraction of sp³-hybridized carbons (Fsp3) is 0.618. The number of carbonyl (C=O) groups is 5. The number of methoxy groups -OCH3 is 1. The summed E-state index contributed by atoms with van der Waals surface area (Å²) < 4.78 is 44.7. The number of rotatable bonds is 14. The van der Waals surface area contributed by atoms with E-state index in [1.54, 1.807) is 6.92 Å². The van der Waals surface area contributed by atoms with E-state index in [1.165, 1.54) is 18.1 Å². The molecule has 3 unspecified atom stereocenters. The summed E-state index contributed by atoms with van der Waals surface area (Å²) >= 11 is 0. The Morgan fingerprint density at radius 2 is 1.67 bits per heavy atom. The molecule has 5 atom stereocenters. The minimum Gasteiger partial charge on any atom is -0.383 e. The Labute approximate surface area is 279 Å². The highest BCUT2D eigenvalue weighted by Gasteiger charge is 2.46. The summed E-state index contributed by atoms with van der Waals surface area (Å²) in [4.78, 5) is 68.1. The van der Waals surface area contributed by atoms with E-state index < -0.39 is 72.6 Å². The molecular formula is C34H48F3N5O6. The number of ketones is 1. The first-order valence-corrected chi connectivity index (χ1v) is 16.2. The summed E-state index contributed by atoms with van der Waals surface area (Å²) in [6, 6.07) is 2.77. The van der Waals surface area contributed by atoms with E-state index in [2.05, 4.69) is 27.8 Å². The van der Waals surface area contributed by atoms with Gasteiger partial charge in [-0.3, -0.25) is 19.2 Å². The highest BCUT2D eigenvalue weighted by molar-refractivity contribution is 6.38. The van der Waals surface area contributed by atoms with Crippen molar-refractivity contribution in [3.05, 3.63) is 48.0 Å². The molecule has 3 rings (SSSR count). The summed E-state index contributed by atoms with van der Waals surface area (Å²) in [6.07, 6.45) is -4.21. The van der Waals surface area contributed by atoms with Crippen LogP contribution in [0.25, 0.3) is 0 Å². The number of ether oxygens (including phenoxy) is 1. The SMILES string of the molecule is C=CCNC(=O)C(=O)C(CCC(F)(F)F)NC(=O)C1[C@@H](C)CCN1C(=O)C(NC(=O)N[C@H](COC)C(C)(C)C)C1Cc2ccccc2C1. The first-order chi connectivity index (χ1) is 22.5. The molecule has 1 saturated heterocycles. The van der Waals surface area contributed by atoms with Crippen LogP contribution in [0, 0.1) is 17.3 Å². The molecule has 1 aliphatic carbocycles. The molecule has 0 aromatic heterocycles. The molecule has 4 N–H and O–H groups in total. The van der Waals surface area contributed by atoms with Crippen molar-refractivity contribution in [2.45, 2.75) is 90.1 Å². The Hall–Kier alpha value is -3.94. The van der Waals surface area contributed by atoms with Crippen LogP contribution in [0.1, 0.15) is 58.1 Å². The van der Waals surface area contributed by atoms with Gasteiger partial charge in [0.05, 0.1) is 18.7 Å². The summed E-state index contributed by atoms with van der Waals surface area (Å²) in [5, 5.41) is 10.4. The molecule has 1 aliphatic heterocycles. The molecule has 1 aromatic rings. The van der Waals surface area contributed by atoms with Gasteiger partial charge in [0.2, 0.25) is 17.6 Å². The van der Waals surface area contributed by atoms with Gasteiger partial charge in [-0.25, -0.2) is 4.79 Å². The number of benzene rings is 1. The standard InChI is InChI=1S/C34H48F3N5O6/c1-7-15-38-30(45)28(43)24(12-14-34(35,36)37)39-29(44)27-20(2)13-16-42(27)31(46)26(23-17-21-10-8-9-11-22(21)18-23)41-32(47)40-25(19-48-6)33(3,4)5/h7-11,20,23-27H,1,12-19H2,2-6H3,(H,38,45)(H,39,44)(H2,40,41,47)/t20-,24?,25+,26?,27?/m0/s1. The van der Waals surface area contributed by atoms with E-state index in [9.17, 15) is 37.1 Å². The van der Waals surface area contributed by atoms with E-state index >= 15 is 0 Å². The Morgan fingerprint density at radius 1 is 1.04 bits per heavy atom. The zero-order valence-electron chi connectivity index (χ0n) is 28.2. The lowest BCUT2D eigenvalue weighted by Crippen LogP contribution is -2.60. The second-order valence-electron chi connectivity index (χ2n) is 13.7. The number of amides is 5. The number of hydrogen-bond acceptors (Lipinski definition) is 6. The third-order valence-corrected chi connectivity index (χ3v) is 9.02. The van der Waals surface area contributed by atoms with Crippen LogP contribution in [0.4, 0.5) is 18.0 Å². The second kappa shape index (κ2) is 16.4. The first kappa shape index (κ1) is 38.5. The number of nitrogens with zero attached hydrogens (tertiary/aromatic N) is 1. The van der Waals surface area contributed by atoms with E-state index in [4.69, 9.17) is 4.74 Å². The van der Waals surface area contributed by atoms with Crippen molar-refractivity contribution in [1.29, 1.82) is 0 Å². The molecule has 2 aliphatic rings. The van der Waals surface area contributed by atoms with Crippen molar-refractivity contribution in [3.63, 3.8) is 0 Å². The van der Waals surface area contributed by atoms with E-state index in [1.807, 2.05) is 45.0 Å². The molecule has 14 heteroatoms. The Balaban J connectivity index is 1.88.